The molecule has 2 nitrogen and oxygen atoms in total. The molecule has 3 rings (SSSR count). The number of hydrogen-bond acceptors (Lipinski definition) is 2. The number of rotatable bonds is 3. The predicted molar refractivity (Wildman–Crippen MR) is 90.1 cm³/mol. The molecule has 1 aromatic heterocycles. The van der Waals surface area contributed by atoms with Crippen LogP contribution in [0, 0.1) is 12.8 Å². The molecule has 1 aromatic carbocycles. The number of para-hydroxylation sites is 1. The second kappa shape index (κ2) is 6.40. The third kappa shape index (κ3) is 3.16. The van der Waals surface area contributed by atoms with E-state index in [1.165, 1.54) is 48.6 Å². The van der Waals surface area contributed by atoms with E-state index in [-0.39, 0.29) is 0 Å². The molecule has 21 heavy (non-hydrogen) atoms. The zero-order valence-corrected chi connectivity index (χ0v) is 12.8. The van der Waals surface area contributed by atoms with Gasteiger partial charge in [-0.3, -0.25) is 4.98 Å². The molecule has 0 atom stereocenters. The topological polar surface area (TPSA) is 38.9 Å². The first kappa shape index (κ1) is 14.3. The van der Waals surface area contributed by atoms with Crippen molar-refractivity contribution in [1.82, 2.24) is 4.98 Å². The zero-order chi connectivity index (χ0) is 14.7. The Morgan fingerprint density at radius 3 is 2.76 bits per heavy atom. The summed E-state index contributed by atoms with van der Waals surface area (Å²) in [6, 6.07) is 10.6. The Labute approximate surface area is 127 Å². The molecule has 0 unspecified atom stereocenters. The Morgan fingerprint density at radius 2 is 2.00 bits per heavy atom. The lowest BCUT2D eigenvalue weighted by Gasteiger charge is -2.24. The largest absolute Gasteiger partial charge is 0.327 e. The lowest BCUT2D eigenvalue weighted by molar-refractivity contribution is 0.401. The highest BCUT2D eigenvalue weighted by Gasteiger charge is 2.17. The van der Waals surface area contributed by atoms with Gasteiger partial charge >= 0.3 is 0 Å². The summed E-state index contributed by atoms with van der Waals surface area (Å²) in [6.07, 6.45) is 8.99. The van der Waals surface area contributed by atoms with E-state index in [0.717, 1.165) is 11.2 Å². The Bertz CT molecular complexity index is 652. The summed E-state index contributed by atoms with van der Waals surface area (Å²) < 4.78 is 0. The molecule has 1 aliphatic carbocycles. The second-order valence-corrected chi connectivity index (χ2v) is 6.13. The molecule has 0 amide bonds. The molecule has 1 fully saturated rings. The molecule has 1 saturated carbocycles. The lowest BCUT2D eigenvalue weighted by atomic mass is 9.83. The average molecular weight is 280 g/mol. The Morgan fingerprint density at radius 1 is 1.24 bits per heavy atom. The number of aromatic nitrogens is 1. The maximum Gasteiger partial charge on any atom is 0.0711 e. The van der Waals surface area contributed by atoms with Crippen molar-refractivity contribution in [2.75, 3.05) is 6.54 Å². The lowest BCUT2D eigenvalue weighted by Crippen LogP contribution is -2.16. The molecular formula is C19H24N2. The quantitative estimate of drug-likeness (QED) is 0.901. The van der Waals surface area contributed by atoms with Crippen molar-refractivity contribution in [1.29, 1.82) is 0 Å². The van der Waals surface area contributed by atoms with Gasteiger partial charge in [0.15, 0.2) is 0 Å². The number of pyridine rings is 1. The van der Waals surface area contributed by atoms with E-state index in [9.17, 15) is 0 Å². The van der Waals surface area contributed by atoms with Crippen molar-refractivity contribution >= 4 is 17.0 Å². The fraction of sp³-hybridized carbons (Fsp3) is 0.421. The minimum absolute atomic E-state index is 0.667. The summed E-state index contributed by atoms with van der Waals surface area (Å²) in [6.45, 7) is 2.73. The number of hydrogen-bond donors (Lipinski definition) is 1. The van der Waals surface area contributed by atoms with E-state index < -0.39 is 0 Å². The fourth-order valence-corrected chi connectivity index (χ4v) is 3.48. The van der Waals surface area contributed by atoms with Gasteiger partial charge in [0, 0.05) is 17.6 Å². The summed E-state index contributed by atoms with van der Waals surface area (Å²) in [7, 11) is 0. The standard InChI is InChI=1S/C19H24N2/c1-14-11-16(18-9-5-6-10-19(18)21-14)12-17(13-20)15-7-3-2-4-8-15/h5-6,9-12,15H,2-4,7-8,13,20H2,1H3/b17-12-. The summed E-state index contributed by atoms with van der Waals surface area (Å²) in [5.74, 6) is 0.677. The van der Waals surface area contributed by atoms with E-state index in [2.05, 4.69) is 42.2 Å². The third-order valence-electron chi connectivity index (χ3n) is 4.58. The van der Waals surface area contributed by atoms with Crippen LogP contribution >= 0.6 is 0 Å². The highest BCUT2D eigenvalue weighted by atomic mass is 14.7. The first-order chi connectivity index (χ1) is 10.3. The van der Waals surface area contributed by atoms with Crippen LogP contribution in [0.3, 0.4) is 0 Å². The molecule has 0 radical (unpaired) electrons. The Hall–Kier alpha value is -1.67. The van der Waals surface area contributed by atoms with Crippen LogP contribution in [0.5, 0.6) is 0 Å². The van der Waals surface area contributed by atoms with Gasteiger partial charge in [-0.2, -0.15) is 0 Å². The van der Waals surface area contributed by atoms with Gasteiger partial charge < -0.3 is 5.73 Å². The third-order valence-corrected chi connectivity index (χ3v) is 4.58. The Kier molecular flexibility index (Phi) is 4.35. The molecule has 2 heteroatoms. The van der Waals surface area contributed by atoms with Crippen LogP contribution in [0.25, 0.3) is 17.0 Å². The first-order valence-electron chi connectivity index (χ1n) is 8.05. The van der Waals surface area contributed by atoms with Crippen LogP contribution in [-0.2, 0) is 0 Å². The molecular weight excluding hydrogens is 256 g/mol. The van der Waals surface area contributed by atoms with Gasteiger partial charge in [-0.05, 0) is 43.4 Å². The highest BCUT2D eigenvalue weighted by Crippen LogP contribution is 2.31. The molecule has 0 saturated heterocycles. The van der Waals surface area contributed by atoms with Crippen LogP contribution < -0.4 is 5.73 Å². The monoisotopic (exact) mass is 280 g/mol. The predicted octanol–water partition coefficient (Wildman–Crippen LogP) is 4.47. The number of fused-ring (bicyclic) bond motifs is 1. The molecule has 1 heterocycles. The van der Waals surface area contributed by atoms with E-state index in [1.54, 1.807) is 0 Å². The van der Waals surface area contributed by atoms with Crippen molar-refractivity contribution in [3.05, 3.63) is 47.2 Å². The van der Waals surface area contributed by atoms with E-state index in [1.807, 2.05) is 6.07 Å². The van der Waals surface area contributed by atoms with Crippen molar-refractivity contribution in [2.45, 2.75) is 39.0 Å². The van der Waals surface area contributed by atoms with Crippen molar-refractivity contribution in [2.24, 2.45) is 11.7 Å². The molecule has 0 bridgehead atoms. The van der Waals surface area contributed by atoms with E-state index in [0.29, 0.717) is 12.5 Å². The van der Waals surface area contributed by atoms with Crippen molar-refractivity contribution in [3.63, 3.8) is 0 Å². The SMILES string of the molecule is Cc1cc(/C=C(/CN)C2CCCCC2)c2ccccc2n1. The number of nitrogens with two attached hydrogens (primary N) is 1. The van der Waals surface area contributed by atoms with Gasteiger partial charge in [0.2, 0.25) is 0 Å². The van der Waals surface area contributed by atoms with Crippen molar-refractivity contribution < 1.29 is 0 Å². The summed E-state index contributed by atoms with van der Waals surface area (Å²) in [5.41, 5.74) is 10.9. The minimum Gasteiger partial charge on any atom is -0.327 e. The number of nitrogens with zero attached hydrogens (tertiary/aromatic N) is 1. The summed E-state index contributed by atoms with van der Waals surface area (Å²) in [5, 5.41) is 1.23. The highest BCUT2D eigenvalue weighted by molar-refractivity contribution is 5.88. The van der Waals surface area contributed by atoms with Gasteiger partial charge in [-0.25, -0.2) is 0 Å². The van der Waals surface area contributed by atoms with Crippen LogP contribution in [0.15, 0.2) is 35.9 Å². The molecule has 110 valence electrons. The van der Waals surface area contributed by atoms with Gasteiger partial charge in [0.1, 0.15) is 0 Å². The average Bonchev–Trinajstić information content (AvgIpc) is 2.53. The smallest absolute Gasteiger partial charge is 0.0711 e. The maximum atomic E-state index is 6.05. The van der Waals surface area contributed by atoms with Gasteiger partial charge in [-0.15, -0.1) is 0 Å². The fourth-order valence-electron chi connectivity index (χ4n) is 3.48. The van der Waals surface area contributed by atoms with E-state index in [4.69, 9.17) is 5.73 Å². The molecule has 0 spiro atoms. The second-order valence-electron chi connectivity index (χ2n) is 6.13. The first-order valence-corrected chi connectivity index (χ1v) is 8.05. The Balaban J connectivity index is 2.03. The molecule has 0 aliphatic heterocycles. The van der Waals surface area contributed by atoms with Crippen LogP contribution in [0.1, 0.15) is 43.4 Å². The minimum atomic E-state index is 0.667. The van der Waals surface area contributed by atoms with Crippen LogP contribution in [0.4, 0.5) is 0 Å². The van der Waals surface area contributed by atoms with Crippen LogP contribution in [-0.4, -0.2) is 11.5 Å². The van der Waals surface area contributed by atoms with Gasteiger partial charge in [-0.1, -0.05) is 49.1 Å². The zero-order valence-electron chi connectivity index (χ0n) is 12.8. The van der Waals surface area contributed by atoms with E-state index >= 15 is 0 Å². The maximum absolute atomic E-state index is 6.05. The van der Waals surface area contributed by atoms with Gasteiger partial charge in [0.25, 0.3) is 0 Å². The molecule has 1 aliphatic rings. The van der Waals surface area contributed by atoms with Crippen LogP contribution in [0.2, 0.25) is 0 Å². The summed E-state index contributed by atoms with van der Waals surface area (Å²) in [4.78, 5) is 4.62. The summed E-state index contributed by atoms with van der Waals surface area (Å²) >= 11 is 0. The molecule has 2 N–H and O–H groups in total. The molecule has 2 aromatic rings. The normalized spacial score (nSPS) is 17.3. The number of benzene rings is 1. The number of aryl methyl sites for hydroxylation is 1. The van der Waals surface area contributed by atoms with Crippen molar-refractivity contribution in [3.8, 4) is 0 Å². The van der Waals surface area contributed by atoms with Gasteiger partial charge in [0.05, 0.1) is 5.52 Å².